The molecule has 19 heavy (non-hydrogen) atoms. The van der Waals surface area contributed by atoms with Gasteiger partial charge >= 0.3 is 0 Å². The molecule has 3 N–H and O–H groups in total. The Balaban J connectivity index is 0.00000180. The second-order valence-corrected chi connectivity index (χ2v) is 6.03. The van der Waals surface area contributed by atoms with Gasteiger partial charge < -0.3 is 15.8 Å². The van der Waals surface area contributed by atoms with E-state index in [1.165, 1.54) is 25.7 Å². The number of hydrogen-bond acceptors (Lipinski definition) is 3. The molecule has 4 nitrogen and oxygen atoms in total. The Morgan fingerprint density at radius 3 is 2.42 bits per heavy atom. The van der Waals surface area contributed by atoms with E-state index in [0.29, 0.717) is 18.0 Å². The minimum atomic E-state index is -0.0658. The van der Waals surface area contributed by atoms with E-state index in [0.717, 1.165) is 26.1 Å². The van der Waals surface area contributed by atoms with E-state index in [2.05, 4.69) is 5.32 Å². The van der Waals surface area contributed by atoms with Crippen molar-refractivity contribution >= 4 is 18.3 Å². The molecular formula is C14H27ClN2O2. The molecule has 1 spiro atoms. The zero-order valence-electron chi connectivity index (χ0n) is 11.8. The zero-order valence-corrected chi connectivity index (χ0v) is 12.6. The van der Waals surface area contributed by atoms with Crippen LogP contribution in [0.4, 0.5) is 0 Å². The number of nitrogens with two attached hydrogens (primary N) is 1. The fourth-order valence-corrected chi connectivity index (χ4v) is 3.13. The van der Waals surface area contributed by atoms with Gasteiger partial charge in [0.25, 0.3) is 0 Å². The number of nitrogens with one attached hydrogen (secondary N) is 1. The first-order valence-corrected chi connectivity index (χ1v) is 7.23. The molecule has 1 saturated heterocycles. The van der Waals surface area contributed by atoms with E-state index < -0.39 is 0 Å². The molecule has 1 saturated carbocycles. The number of carbonyl (C=O) groups excluding carboxylic acids is 1. The standard InChI is InChI=1S/C14H26N2O2.ClH/c1-11(10-15)13(17)16-12-2-4-14(5-3-12)6-8-18-9-7-14;/h11-12H,2-10,15H2,1H3,(H,16,17);1H. The molecule has 1 heterocycles. The lowest BCUT2D eigenvalue weighted by atomic mass is 9.68. The number of halogens is 1. The van der Waals surface area contributed by atoms with Crippen LogP contribution in [0.5, 0.6) is 0 Å². The molecule has 2 fully saturated rings. The lowest BCUT2D eigenvalue weighted by molar-refractivity contribution is -0.125. The molecule has 1 aliphatic heterocycles. The molecule has 0 radical (unpaired) electrons. The number of hydrogen-bond donors (Lipinski definition) is 2. The maximum absolute atomic E-state index is 11.8. The van der Waals surface area contributed by atoms with Crippen molar-refractivity contribution in [2.45, 2.75) is 51.5 Å². The van der Waals surface area contributed by atoms with Crippen LogP contribution in [-0.2, 0) is 9.53 Å². The maximum Gasteiger partial charge on any atom is 0.224 e. The van der Waals surface area contributed by atoms with Gasteiger partial charge in [0.15, 0.2) is 0 Å². The molecule has 1 atom stereocenters. The fraction of sp³-hybridized carbons (Fsp3) is 0.929. The van der Waals surface area contributed by atoms with Gasteiger partial charge in [-0.1, -0.05) is 6.92 Å². The van der Waals surface area contributed by atoms with Gasteiger partial charge in [-0.3, -0.25) is 4.79 Å². The first kappa shape index (κ1) is 16.7. The van der Waals surface area contributed by atoms with Crippen LogP contribution in [0.15, 0.2) is 0 Å². The summed E-state index contributed by atoms with van der Waals surface area (Å²) in [5.74, 6) is 0.0504. The SMILES string of the molecule is CC(CN)C(=O)NC1CCC2(CCOCC2)CC1.Cl. The van der Waals surface area contributed by atoms with Gasteiger partial charge in [-0.25, -0.2) is 0 Å². The first-order chi connectivity index (χ1) is 8.65. The molecule has 0 aromatic carbocycles. The lowest BCUT2D eigenvalue weighted by Crippen LogP contribution is -2.44. The van der Waals surface area contributed by atoms with Crippen molar-refractivity contribution in [2.24, 2.45) is 17.1 Å². The monoisotopic (exact) mass is 290 g/mol. The summed E-state index contributed by atoms with van der Waals surface area (Å²) < 4.78 is 5.45. The molecule has 0 aromatic rings. The maximum atomic E-state index is 11.8. The average Bonchev–Trinajstić information content (AvgIpc) is 2.41. The summed E-state index contributed by atoms with van der Waals surface area (Å²) in [5, 5.41) is 3.14. The first-order valence-electron chi connectivity index (χ1n) is 7.23. The Morgan fingerprint density at radius 2 is 1.89 bits per heavy atom. The van der Waals surface area contributed by atoms with E-state index >= 15 is 0 Å². The third kappa shape index (κ3) is 4.33. The highest BCUT2D eigenvalue weighted by atomic mass is 35.5. The lowest BCUT2D eigenvalue weighted by Gasteiger charge is -2.43. The van der Waals surface area contributed by atoms with Crippen LogP contribution in [-0.4, -0.2) is 31.7 Å². The Kier molecular flexibility index (Phi) is 6.57. The highest BCUT2D eigenvalue weighted by Crippen LogP contribution is 2.44. The topological polar surface area (TPSA) is 64.4 Å². The van der Waals surface area contributed by atoms with Crippen molar-refractivity contribution in [3.63, 3.8) is 0 Å². The highest BCUT2D eigenvalue weighted by molar-refractivity contribution is 5.85. The Bertz CT molecular complexity index is 283. The van der Waals surface area contributed by atoms with Gasteiger partial charge in [0.05, 0.1) is 0 Å². The summed E-state index contributed by atoms with van der Waals surface area (Å²) in [5.41, 5.74) is 6.03. The van der Waals surface area contributed by atoms with E-state index in [1.807, 2.05) is 6.92 Å². The van der Waals surface area contributed by atoms with Crippen molar-refractivity contribution in [3.05, 3.63) is 0 Å². The zero-order chi connectivity index (χ0) is 13.0. The Labute approximate surface area is 122 Å². The molecule has 1 aliphatic carbocycles. The van der Waals surface area contributed by atoms with E-state index in [9.17, 15) is 4.79 Å². The molecule has 2 aliphatic rings. The molecule has 0 aromatic heterocycles. The minimum Gasteiger partial charge on any atom is -0.381 e. The molecule has 1 unspecified atom stereocenters. The summed E-state index contributed by atoms with van der Waals surface area (Å²) in [6.07, 6.45) is 7.10. The average molecular weight is 291 g/mol. The predicted molar refractivity (Wildman–Crippen MR) is 78.4 cm³/mol. The molecule has 112 valence electrons. The van der Waals surface area contributed by atoms with Crippen molar-refractivity contribution < 1.29 is 9.53 Å². The van der Waals surface area contributed by atoms with E-state index in [-0.39, 0.29) is 24.2 Å². The van der Waals surface area contributed by atoms with Gasteiger partial charge in [-0.2, -0.15) is 0 Å². The largest absolute Gasteiger partial charge is 0.381 e. The van der Waals surface area contributed by atoms with Crippen molar-refractivity contribution in [3.8, 4) is 0 Å². The third-order valence-electron chi connectivity index (χ3n) is 4.75. The summed E-state index contributed by atoms with van der Waals surface area (Å²) in [4.78, 5) is 11.8. The predicted octanol–water partition coefficient (Wildman–Crippen LogP) is 1.86. The normalized spacial score (nSPS) is 24.5. The summed E-state index contributed by atoms with van der Waals surface area (Å²) in [6, 6.07) is 0.361. The molecule has 0 bridgehead atoms. The number of amides is 1. The quantitative estimate of drug-likeness (QED) is 0.834. The van der Waals surface area contributed by atoms with E-state index in [1.54, 1.807) is 0 Å². The molecule has 2 rings (SSSR count). The van der Waals surface area contributed by atoms with Crippen LogP contribution in [0.3, 0.4) is 0 Å². The smallest absolute Gasteiger partial charge is 0.224 e. The van der Waals surface area contributed by atoms with Gasteiger partial charge in [0, 0.05) is 31.7 Å². The second-order valence-electron chi connectivity index (χ2n) is 6.03. The van der Waals surface area contributed by atoms with Gasteiger partial charge in [-0.15, -0.1) is 12.4 Å². The highest BCUT2D eigenvalue weighted by Gasteiger charge is 2.37. The van der Waals surface area contributed by atoms with Crippen molar-refractivity contribution in [1.82, 2.24) is 5.32 Å². The third-order valence-corrected chi connectivity index (χ3v) is 4.75. The number of ether oxygens (including phenoxy) is 1. The van der Waals surface area contributed by atoms with Crippen LogP contribution in [0.25, 0.3) is 0 Å². The van der Waals surface area contributed by atoms with Gasteiger partial charge in [0.1, 0.15) is 0 Å². The molecular weight excluding hydrogens is 264 g/mol. The van der Waals surface area contributed by atoms with Gasteiger partial charge in [-0.05, 0) is 43.9 Å². The Morgan fingerprint density at radius 1 is 1.32 bits per heavy atom. The van der Waals surface area contributed by atoms with Gasteiger partial charge in [0.2, 0.25) is 5.91 Å². The van der Waals surface area contributed by atoms with Crippen LogP contribution < -0.4 is 11.1 Å². The van der Waals surface area contributed by atoms with Crippen LogP contribution in [0.2, 0.25) is 0 Å². The van der Waals surface area contributed by atoms with Crippen molar-refractivity contribution in [2.75, 3.05) is 19.8 Å². The molecule has 5 heteroatoms. The molecule has 1 amide bonds. The van der Waals surface area contributed by atoms with Crippen molar-refractivity contribution in [1.29, 1.82) is 0 Å². The number of carbonyl (C=O) groups is 1. The second kappa shape index (κ2) is 7.46. The fourth-order valence-electron chi connectivity index (χ4n) is 3.13. The summed E-state index contributed by atoms with van der Waals surface area (Å²) in [7, 11) is 0. The summed E-state index contributed by atoms with van der Waals surface area (Å²) in [6.45, 7) is 4.15. The van der Waals surface area contributed by atoms with E-state index in [4.69, 9.17) is 10.5 Å². The minimum absolute atomic E-state index is 0. The summed E-state index contributed by atoms with van der Waals surface area (Å²) >= 11 is 0. The van der Waals surface area contributed by atoms with Crippen LogP contribution in [0, 0.1) is 11.3 Å². The van der Waals surface area contributed by atoms with Crippen LogP contribution >= 0.6 is 12.4 Å². The van der Waals surface area contributed by atoms with Crippen LogP contribution in [0.1, 0.15) is 45.4 Å². The Hall–Kier alpha value is -0.320. The number of rotatable bonds is 3.